The first-order valence-electron chi connectivity index (χ1n) is 15.1. The second-order valence-corrected chi connectivity index (χ2v) is 11.5. The highest BCUT2D eigenvalue weighted by Gasteiger charge is 2.28. The Morgan fingerprint density at radius 3 is 1.42 bits per heavy atom. The molecule has 1 aliphatic rings. The molecule has 5 heteroatoms. The van der Waals surface area contributed by atoms with Crippen LogP contribution in [0.2, 0.25) is 0 Å². The van der Waals surface area contributed by atoms with Crippen molar-refractivity contribution in [2.45, 2.75) is 0 Å². The number of fused-ring (bicyclic) bond motifs is 1. The number of methoxy groups -OCH3 is 4. The molecule has 0 aliphatic heterocycles. The first-order valence-corrected chi connectivity index (χ1v) is 15.1. The summed E-state index contributed by atoms with van der Waals surface area (Å²) in [6.07, 6.45) is 6.79. The van der Waals surface area contributed by atoms with E-state index in [0.717, 1.165) is 62.7 Å². The molecule has 0 aromatic heterocycles. The highest BCUT2D eigenvalue weighted by atomic mass is 16.5. The number of allylic oxidation sites excluding steroid dienone is 2. The van der Waals surface area contributed by atoms with Gasteiger partial charge in [0, 0.05) is 12.5 Å². The largest absolute Gasteiger partial charge is 0.497 e. The molecule has 0 radical (unpaired) electrons. The fourth-order valence-corrected chi connectivity index (χ4v) is 6.39. The van der Waals surface area contributed by atoms with E-state index in [1.165, 1.54) is 22.1 Å². The summed E-state index contributed by atoms with van der Waals surface area (Å²) >= 11 is 0. The lowest BCUT2D eigenvalue weighted by molar-refractivity contribution is 0.391. The van der Waals surface area contributed by atoms with Gasteiger partial charge in [-0.05, 0) is 118 Å². The van der Waals surface area contributed by atoms with Crippen LogP contribution in [-0.2, 0) is 0 Å². The van der Waals surface area contributed by atoms with E-state index >= 15 is 0 Å². The van der Waals surface area contributed by atoms with E-state index in [1.54, 1.807) is 28.4 Å². The Morgan fingerprint density at radius 1 is 0.511 bits per heavy atom. The molecule has 228 valence electrons. The maximum absolute atomic E-state index is 5.82. The molecular weight excluding hydrogens is 558 g/mol. The van der Waals surface area contributed by atoms with Crippen LogP contribution in [0.5, 0.6) is 23.0 Å². The van der Waals surface area contributed by atoms with Crippen LogP contribution >= 0.6 is 0 Å². The van der Waals surface area contributed by atoms with E-state index < -0.39 is 0 Å². The summed E-state index contributed by atoms with van der Waals surface area (Å²) in [7, 11) is 11.1. The molecule has 1 unspecified atom stereocenters. The van der Waals surface area contributed by atoms with Crippen molar-refractivity contribution in [1.82, 2.24) is 4.90 Å². The van der Waals surface area contributed by atoms with Crippen molar-refractivity contribution in [2.75, 3.05) is 49.1 Å². The zero-order valence-electron chi connectivity index (χ0n) is 26.8. The summed E-state index contributed by atoms with van der Waals surface area (Å²) in [5, 5.41) is 2.29. The van der Waals surface area contributed by atoms with Crippen LogP contribution in [0.4, 0.5) is 0 Å². The van der Waals surface area contributed by atoms with Gasteiger partial charge in [-0.2, -0.15) is 0 Å². The van der Waals surface area contributed by atoms with Crippen LogP contribution in [0.15, 0.2) is 109 Å². The molecule has 6 rings (SSSR count). The van der Waals surface area contributed by atoms with Crippen molar-refractivity contribution < 1.29 is 18.9 Å². The Morgan fingerprint density at radius 2 is 0.956 bits per heavy atom. The summed E-state index contributed by atoms with van der Waals surface area (Å²) in [6, 6.07) is 31.6. The lowest BCUT2D eigenvalue weighted by Gasteiger charge is -2.27. The molecule has 0 amide bonds. The summed E-state index contributed by atoms with van der Waals surface area (Å²) < 4.78 is 22.5. The number of hydrogen-bond donors (Lipinski definition) is 0. The molecule has 0 saturated heterocycles. The van der Waals surface area contributed by atoms with Crippen LogP contribution in [-0.4, -0.2) is 54.0 Å². The summed E-state index contributed by atoms with van der Waals surface area (Å²) in [5.74, 6) is 3.49. The van der Waals surface area contributed by atoms with Crippen molar-refractivity contribution >= 4 is 16.3 Å². The van der Waals surface area contributed by atoms with E-state index in [2.05, 4.69) is 91.8 Å². The zero-order chi connectivity index (χ0) is 31.5. The van der Waals surface area contributed by atoms with Crippen molar-refractivity contribution in [1.29, 1.82) is 0 Å². The van der Waals surface area contributed by atoms with Crippen molar-refractivity contribution in [3.63, 3.8) is 0 Å². The second kappa shape index (κ2) is 12.9. The van der Waals surface area contributed by atoms with Gasteiger partial charge < -0.3 is 23.8 Å². The molecule has 5 aromatic carbocycles. The van der Waals surface area contributed by atoms with Crippen LogP contribution in [0.1, 0.15) is 5.56 Å². The van der Waals surface area contributed by atoms with E-state index in [4.69, 9.17) is 18.9 Å². The smallest absolute Gasteiger partial charge is 0.119 e. The Hall–Kier alpha value is -5.00. The minimum atomic E-state index is 0.234. The average molecular weight is 598 g/mol. The predicted octanol–water partition coefficient (Wildman–Crippen LogP) is 9.01. The summed E-state index contributed by atoms with van der Waals surface area (Å²) in [6.45, 7) is 0.903. The first kappa shape index (κ1) is 30.0. The van der Waals surface area contributed by atoms with E-state index in [9.17, 15) is 0 Å². The molecule has 0 saturated carbocycles. The topological polar surface area (TPSA) is 40.2 Å². The van der Waals surface area contributed by atoms with Gasteiger partial charge in [-0.15, -0.1) is 0 Å². The summed E-state index contributed by atoms with van der Waals surface area (Å²) in [4.78, 5) is 2.25. The molecular formula is C40H39NO4. The fourth-order valence-electron chi connectivity index (χ4n) is 6.39. The van der Waals surface area contributed by atoms with Crippen molar-refractivity contribution in [3.05, 3.63) is 115 Å². The Labute approximate surface area is 265 Å². The SMILES string of the molecule is COc1ccc(-c2c(-c3ccc(OC)cc3)c(-c3ccc(OC)cc3)c3cc(OC)ccc3c2C2=CC=CC2CN(C)C)cc1. The third-order valence-corrected chi connectivity index (χ3v) is 8.52. The molecule has 0 fully saturated rings. The molecule has 45 heavy (non-hydrogen) atoms. The third kappa shape index (κ3) is 5.79. The Balaban J connectivity index is 1.81. The fraction of sp³-hybridized carbons (Fsp3) is 0.200. The zero-order valence-corrected chi connectivity index (χ0v) is 26.8. The molecule has 1 atom stereocenters. The van der Waals surface area contributed by atoms with Gasteiger partial charge in [-0.1, -0.05) is 60.7 Å². The van der Waals surface area contributed by atoms with E-state index in [-0.39, 0.29) is 5.92 Å². The maximum Gasteiger partial charge on any atom is 0.119 e. The van der Waals surface area contributed by atoms with Gasteiger partial charge in [0.15, 0.2) is 0 Å². The molecule has 0 bridgehead atoms. The molecule has 0 heterocycles. The predicted molar refractivity (Wildman–Crippen MR) is 186 cm³/mol. The number of nitrogens with zero attached hydrogens (tertiary/aromatic N) is 1. The van der Waals surface area contributed by atoms with Gasteiger partial charge in [0.2, 0.25) is 0 Å². The molecule has 1 aliphatic carbocycles. The second-order valence-electron chi connectivity index (χ2n) is 11.5. The standard InChI is InChI=1S/C40H39NO4/c1-41(2)25-29-8-7-9-34(29)40-35-23-22-33(45-6)24-36(35)37(26-10-16-30(42-3)17-11-26)38(27-12-18-31(43-4)19-13-27)39(40)28-14-20-32(44-5)21-15-28/h7-24,29H,25H2,1-6H3. The molecule has 0 spiro atoms. The minimum Gasteiger partial charge on any atom is -0.497 e. The number of benzene rings is 5. The van der Waals surface area contributed by atoms with Gasteiger partial charge in [-0.3, -0.25) is 0 Å². The van der Waals surface area contributed by atoms with Crippen LogP contribution < -0.4 is 18.9 Å². The van der Waals surface area contributed by atoms with E-state index in [0.29, 0.717) is 0 Å². The van der Waals surface area contributed by atoms with Gasteiger partial charge in [-0.25, -0.2) is 0 Å². The number of ether oxygens (including phenoxy) is 4. The normalized spacial score (nSPS) is 14.1. The molecule has 0 N–H and O–H groups in total. The number of rotatable bonds is 10. The highest BCUT2D eigenvalue weighted by Crippen LogP contribution is 2.52. The lowest BCUT2D eigenvalue weighted by atomic mass is 9.77. The quantitative estimate of drug-likeness (QED) is 0.161. The van der Waals surface area contributed by atoms with Crippen molar-refractivity contribution in [3.8, 4) is 56.4 Å². The van der Waals surface area contributed by atoms with Crippen LogP contribution in [0, 0.1) is 5.92 Å². The average Bonchev–Trinajstić information content (AvgIpc) is 3.53. The molecule has 5 aromatic rings. The van der Waals surface area contributed by atoms with E-state index in [1.807, 2.05) is 36.4 Å². The Kier molecular flexibility index (Phi) is 8.63. The van der Waals surface area contributed by atoms with Gasteiger partial charge in [0.05, 0.1) is 28.4 Å². The van der Waals surface area contributed by atoms with Crippen LogP contribution in [0.3, 0.4) is 0 Å². The van der Waals surface area contributed by atoms with Gasteiger partial charge >= 0.3 is 0 Å². The number of hydrogen-bond acceptors (Lipinski definition) is 5. The Bertz CT molecular complexity index is 1870. The van der Waals surface area contributed by atoms with Gasteiger partial charge in [0.1, 0.15) is 23.0 Å². The molecule has 5 nitrogen and oxygen atoms in total. The van der Waals surface area contributed by atoms with Crippen molar-refractivity contribution in [2.24, 2.45) is 5.92 Å². The highest BCUT2D eigenvalue weighted by molar-refractivity contribution is 6.16. The monoisotopic (exact) mass is 597 g/mol. The first-order chi connectivity index (χ1) is 21.9. The maximum atomic E-state index is 5.82. The lowest BCUT2D eigenvalue weighted by Crippen LogP contribution is -2.20. The third-order valence-electron chi connectivity index (χ3n) is 8.52. The van der Waals surface area contributed by atoms with Crippen LogP contribution in [0.25, 0.3) is 49.7 Å². The summed E-state index contributed by atoms with van der Waals surface area (Å²) in [5.41, 5.74) is 9.24. The minimum absolute atomic E-state index is 0.234. The van der Waals surface area contributed by atoms with Gasteiger partial charge in [0.25, 0.3) is 0 Å².